The molecule has 90 valence electrons. The van der Waals surface area contributed by atoms with Crippen LogP contribution in [0.3, 0.4) is 0 Å². The highest BCUT2D eigenvalue weighted by Crippen LogP contribution is 2.19. The van der Waals surface area contributed by atoms with Crippen LogP contribution in [0.25, 0.3) is 0 Å². The van der Waals surface area contributed by atoms with Crippen molar-refractivity contribution in [2.24, 2.45) is 0 Å². The molecule has 0 fully saturated rings. The van der Waals surface area contributed by atoms with Gasteiger partial charge in [-0.2, -0.15) is 0 Å². The molecule has 0 radical (unpaired) electrons. The van der Waals surface area contributed by atoms with Gasteiger partial charge in [-0.3, -0.25) is 4.98 Å². The van der Waals surface area contributed by atoms with E-state index < -0.39 is 0 Å². The highest BCUT2D eigenvalue weighted by atomic mass is 79.9. The van der Waals surface area contributed by atoms with E-state index in [0.29, 0.717) is 13.1 Å². The first-order valence-corrected chi connectivity index (χ1v) is 6.66. The Labute approximate surface area is 116 Å². The standard InChI is InChI=1S/C11H11Br2N3O/c1-7-2-9(17-16-7)5-14-6-11-10(13)3-8(12)4-15-11/h2-4,14H,5-6H2,1H3. The summed E-state index contributed by atoms with van der Waals surface area (Å²) in [7, 11) is 0. The Kier molecular flexibility index (Phi) is 4.31. The zero-order valence-corrected chi connectivity index (χ0v) is 12.4. The number of aromatic nitrogens is 2. The number of hydrogen-bond acceptors (Lipinski definition) is 4. The van der Waals surface area contributed by atoms with Gasteiger partial charge in [0.25, 0.3) is 0 Å². The molecule has 0 amide bonds. The number of nitrogens with zero attached hydrogens (tertiary/aromatic N) is 2. The van der Waals surface area contributed by atoms with E-state index >= 15 is 0 Å². The molecule has 2 aromatic heterocycles. The minimum absolute atomic E-state index is 0.644. The lowest BCUT2D eigenvalue weighted by molar-refractivity contribution is 0.369. The van der Waals surface area contributed by atoms with Crippen molar-refractivity contribution >= 4 is 31.9 Å². The second-order valence-electron chi connectivity index (χ2n) is 3.62. The van der Waals surface area contributed by atoms with Crippen molar-refractivity contribution in [2.75, 3.05) is 0 Å². The van der Waals surface area contributed by atoms with Gasteiger partial charge in [0, 0.05) is 27.8 Å². The molecule has 17 heavy (non-hydrogen) atoms. The first-order chi connectivity index (χ1) is 8.15. The van der Waals surface area contributed by atoms with Gasteiger partial charge in [0.2, 0.25) is 0 Å². The molecule has 0 saturated carbocycles. The van der Waals surface area contributed by atoms with E-state index in [-0.39, 0.29) is 0 Å². The molecule has 2 heterocycles. The molecular formula is C11H11Br2N3O. The van der Waals surface area contributed by atoms with Gasteiger partial charge < -0.3 is 9.84 Å². The average molecular weight is 361 g/mol. The van der Waals surface area contributed by atoms with Crippen LogP contribution in [-0.2, 0) is 13.1 Å². The third-order valence-corrected chi connectivity index (χ3v) is 3.27. The lowest BCUT2D eigenvalue weighted by Crippen LogP contribution is -2.13. The van der Waals surface area contributed by atoms with E-state index in [1.165, 1.54) is 0 Å². The first-order valence-electron chi connectivity index (χ1n) is 5.08. The molecule has 2 aromatic rings. The van der Waals surface area contributed by atoms with Gasteiger partial charge in [-0.05, 0) is 44.8 Å². The van der Waals surface area contributed by atoms with E-state index in [1.54, 1.807) is 6.20 Å². The zero-order valence-electron chi connectivity index (χ0n) is 9.20. The smallest absolute Gasteiger partial charge is 0.150 e. The Morgan fingerprint density at radius 3 is 2.76 bits per heavy atom. The van der Waals surface area contributed by atoms with Gasteiger partial charge in [0.05, 0.1) is 17.9 Å². The van der Waals surface area contributed by atoms with Crippen molar-refractivity contribution in [3.05, 3.63) is 44.4 Å². The van der Waals surface area contributed by atoms with Crippen LogP contribution in [-0.4, -0.2) is 10.1 Å². The second kappa shape index (κ2) is 5.75. The molecule has 4 nitrogen and oxygen atoms in total. The first kappa shape index (κ1) is 12.7. The van der Waals surface area contributed by atoms with Crippen molar-refractivity contribution < 1.29 is 4.52 Å². The van der Waals surface area contributed by atoms with Crippen molar-refractivity contribution in [1.29, 1.82) is 0 Å². The molecule has 2 rings (SSSR count). The monoisotopic (exact) mass is 359 g/mol. The fourth-order valence-corrected chi connectivity index (χ4v) is 2.50. The van der Waals surface area contributed by atoms with Crippen LogP contribution in [0.2, 0.25) is 0 Å². The van der Waals surface area contributed by atoms with E-state index in [1.807, 2.05) is 19.1 Å². The summed E-state index contributed by atoms with van der Waals surface area (Å²) in [6.07, 6.45) is 1.78. The fourth-order valence-electron chi connectivity index (χ4n) is 1.38. The summed E-state index contributed by atoms with van der Waals surface area (Å²) in [5.74, 6) is 0.829. The minimum atomic E-state index is 0.644. The predicted molar refractivity (Wildman–Crippen MR) is 71.4 cm³/mol. The van der Waals surface area contributed by atoms with Crippen LogP contribution in [0.4, 0.5) is 0 Å². The van der Waals surface area contributed by atoms with Crippen LogP contribution < -0.4 is 5.32 Å². The predicted octanol–water partition coefficient (Wildman–Crippen LogP) is 3.19. The maximum absolute atomic E-state index is 5.10. The summed E-state index contributed by atoms with van der Waals surface area (Å²) >= 11 is 6.84. The topological polar surface area (TPSA) is 51.0 Å². The highest BCUT2D eigenvalue weighted by molar-refractivity contribution is 9.11. The summed E-state index contributed by atoms with van der Waals surface area (Å²) in [4.78, 5) is 4.31. The van der Waals surface area contributed by atoms with Gasteiger partial charge in [-0.25, -0.2) is 0 Å². The Hall–Kier alpha value is -0.720. The van der Waals surface area contributed by atoms with Crippen LogP contribution in [0.15, 0.2) is 31.8 Å². The molecule has 0 aromatic carbocycles. The summed E-state index contributed by atoms with van der Waals surface area (Å²) in [5, 5.41) is 7.08. The third-order valence-electron chi connectivity index (χ3n) is 2.15. The van der Waals surface area contributed by atoms with Gasteiger partial charge in [0.1, 0.15) is 0 Å². The summed E-state index contributed by atoms with van der Waals surface area (Å²) in [6, 6.07) is 3.89. The Morgan fingerprint density at radius 1 is 1.29 bits per heavy atom. The van der Waals surface area contributed by atoms with Crippen LogP contribution >= 0.6 is 31.9 Å². The molecule has 0 bridgehead atoms. The largest absolute Gasteiger partial charge is 0.360 e. The maximum atomic E-state index is 5.10. The molecule has 0 saturated heterocycles. The molecule has 1 N–H and O–H groups in total. The van der Waals surface area contributed by atoms with E-state index in [4.69, 9.17) is 4.52 Å². The van der Waals surface area contributed by atoms with E-state index in [2.05, 4.69) is 47.3 Å². The summed E-state index contributed by atoms with van der Waals surface area (Å²) in [5.41, 5.74) is 1.86. The Morgan fingerprint density at radius 2 is 2.12 bits per heavy atom. The summed E-state index contributed by atoms with van der Waals surface area (Å²) in [6.45, 7) is 3.22. The van der Waals surface area contributed by atoms with Gasteiger partial charge in [-0.15, -0.1) is 0 Å². The number of rotatable bonds is 4. The van der Waals surface area contributed by atoms with Crippen LogP contribution in [0.5, 0.6) is 0 Å². The SMILES string of the molecule is Cc1cc(CNCc2ncc(Br)cc2Br)on1. The second-order valence-corrected chi connectivity index (χ2v) is 5.39. The maximum Gasteiger partial charge on any atom is 0.150 e. The number of pyridine rings is 1. The van der Waals surface area contributed by atoms with E-state index in [9.17, 15) is 0 Å². The lowest BCUT2D eigenvalue weighted by Gasteiger charge is -2.04. The van der Waals surface area contributed by atoms with Gasteiger partial charge >= 0.3 is 0 Å². The van der Waals surface area contributed by atoms with Gasteiger partial charge in [0.15, 0.2) is 5.76 Å². The Bertz CT molecular complexity index is 513. The normalized spacial score (nSPS) is 10.8. The number of hydrogen-bond donors (Lipinski definition) is 1. The zero-order chi connectivity index (χ0) is 12.3. The average Bonchev–Trinajstić information content (AvgIpc) is 2.68. The van der Waals surface area contributed by atoms with Crippen molar-refractivity contribution in [3.63, 3.8) is 0 Å². The van der Waals surface area contributed by atoms with Crippen LogP contribution in [0.1, 0.15) is 17.1 Å². The van der Waals surface area contributed by atoms with Crippen molar-refractivity contribution in [2.45, 2.75) is 20.0 Å². The Balaban J connectivity index is 1.90. The molecule has 0 unspecified atom stereocenters. The molecule has 0 atom stereocenters. The molecule has 6 heteroatoms. The van der Waals surface area contributed by atoms with Gasteiger partial charge in [-0.1, -0.05) is 5.16 Å². The summed E-state index contributed by atoms with van der Waals surface area (Å²) < 4.78 is 7.04. The molecule has 0 spiro atoms. The highest BCUT2D eigenvalue weighted by Gasteiger charge is 2.04. The molecule has 0 aliphatic carbocycles. The molecular weight excluding hydrogens is 350 g/mol. The number of aryl methyl sites for hydroxylation is 1. The van der Waals surface area contributed by atoms with Crippen molar-refractivity contribution in [3.8, 4) is 0 Å². The fraction of sp³-hybridized carbons (Fsp3) is 0.273. The van der Waals surface area contributed by atoms with Crippen molar-refractivity contribution in [1.82, 2.24) is 15.5 Å². The number of halogens is 2. The van der Waals surface area contributed by atoms with E-state index in [0.717, 1.165) is 26.1 Å². The van der Waals surface area contributed by atoms with Crippen LogP contribution in [0, 0.1) is 6.92 Å². The minimum Gasteiger partial charge on any atom is -0.360 e. The lowest BCUT2D eigenvalue weighted by atomic mass is 10.3. The molecule has 0 aliphatic rings. The quantitative estimate of drug-likeness (QED) is 0.909. The third kappa shape index (κ3) is 3.62. The number of nitrogens with one attached hydrogen (secondary N) is 1. The molecule has 0 aliphatic heterocycles.